The molecule has 0 saturated carbocycles. The molecule has 0 atom stereocenters. The highest BCUT2D eigenvalue weighted by atomic mass is 32.1. The Labute approximate surface area is 192 Å². The van der Waals surface area contributed by atoms with Gasteiger partial charge in [0, 0.05) is 20.2 Å². The molecule has 1 aliphatic heterocycles. The van der Waals surface area contributed by atoms with E-state index in [1.54, 1.807) is 5.19 Å². The summed E-state index contributed by atoms with van der Waals surface area (Å²) in [7, 11) is -2.46. The van der Waals surface area contributed by atoms with Gasteiger partial charge in [-0.2, -0.15) is 0 Å². The van der Waals surface area contributed by atoms with Crippen LogP contribution in [-0.4, -0.2) is 8.07 Å². The van der Waals surface area contributed by atoms with E-state index in [4.69, 9.17) is 0 Å². The molecule has 0 unspecified atom stereocenters. The summed E-state index contributed by atoms with van der Waals surface area (Å²) in [5.41, 5.74) is 2.81. The molecule has 1 aliphatic rings. The summed E-state index contributed by atoms with van der Waals surface area (Å²) in [6.07, 6.45) is 0. The van der Waals surface area contributed by atoms with Crippen LogP contribution in [-0.2, 0) is 0 Å². The van der Waals surface area contributed by atoms with Crippen LogP contribution in [0.4, 0.5) is 0 Å². The lowest BCUT2D eigenvalue weighted by atomic mass is 10.0. The summed E-state index contributed by atoms with van der Waals surface area (Å²) in [6.45, 7) is 0. The van der Waals surface area contributed by atoms with E-state index in [0.29, 0.717) is 0 Å². The molecule has 0 N–H and O–H groups in total. The van der Waals surface area contributed by atoms with Crippen molar-refractivity contribution in [2.75, 3.05) is 0 Å². The first-order valence-corrected chi connectivity index (χ1v) is 13.9. The van der Waals surface area contributed by atoms with Crippen LogP contribution in [0.5, 0.6) is 0 Å². The fourth-order valence-electron chi connectivity index (χ4n) is 5.75. The van der Waals surface area contributed by atoms with Crippen LogP contribution in [0.15, 0.2) is 121 Å². The lowest BCUT2D eigenvalue weighted by molar-refractivity contribution is 1.70. The van der Waals surface area contributed by atoms with E-state index in [9.17, 15) is 0 Å². The minimum Gasteiger partial charge on any atom is -0.135 e. The number of fused-ring (bicyclic) bond motifs is 7. The first kappa shape index (κ1) is 18.1. The zero-order chi connectivity index (χ0) is 21.1. The molecule has 1 aromatic heterocycles. The van der Waals surface area contributed by atoms with Crippen molar-refractivity contribution in [3.8, 4) is 11.1 Å². The van der Waals surface area contributed by atoms with Crippen molar-refractivity contribution in [1.29, 1.82) is 0 Å². The molecule has 0 spiro atoms. The second-order valence-corrected chi connectivity index (χ2v) is 13.3. The van der Waals surface area contributed by atoms with E-state index in [1.807, 2.05) is 11.3 Å². The first-order chi connectivity index (χ1) is 15.9. The molecule has 5 aromatic carbocycles. The molecule has 0 aliphatic carbocycles. The van der Waals surface area contributed by atoms with Crippen LogP contribution >= 0.6 is 11.3 Å². The smallest absolute Gasteiger partial charge is 0.135 e. The van der Waals surface area contributed by atoms with Crippen LogP contribution in [0.3, 0.4) is 0 Å². The zero-order valence-electron chi connectivity index (χ0n) is 17.5. The summed E-state index contributed by atoms with van der Waals surface area (Å²) in [6, 6.07) is 45.3. The molecule has 0 radical (unpaired) electrons. The van der Waals surface area contributed by atoms with Crippen molar-refractivity contribution in [1.82, 2.24) is 0 Å². The summed E-state index contributed by atoms with van der Waals surface area (Å²) >= 11 is 1.92. The van der Waals surface area contributed by atoms with Gasteiger partial charge < -0.3 is 0 Å². The Morgan fingerprint density at radius 3 is 1.84 bits per heavy atom. The van der Waals surface area contributed by atoms with Crippen molar-refractivity contribution in [3.05, 3.63) is 121 Å². The molecule has 6 aromatic rings. The number of hydrogen-bond acceptors (Lipinski definition) is 1. The van der Waals surface area contributed by atoms with Crippen LogP contribution in [0.25, 0.3) is 31.3 Å². The Hall–Kier alpha value is -3.46. The third-order valence-electron chi connectivity index (χ3n) is 6.95. The Kier molecular flexibility index (Phi) is 3.84. The molecule has 0 bridgehead atoms. The maximum absolute atomic E-state index is 2.46. The minimum atomic E-state index is -2.46. The van der Waals surface area contributed by atoms with Gasteiger partial charge in [-0.25, -0.2) is 0 Å². The Balaban J connectivity index is 1.77. The quantitative estimate of drug-likeness (QED) is 0.315. The first-order valence-electron chi connectivity index (χ1n) is 11.0. The molecule has 150 valence electrons. The van der Waals surface area contributed by atoms with Crippen LogP contribution in [0.1, 0.15) is 0 Å². The Morgan fingerprint density at radius 1 is 0.469 bits per heavy atom. The normalized spacial score (nSPS) is 13.9. The molecule has 0 amide bonds. The summed E-state index contributed by atoms with van der Waals surface area (Å²) in [5, 5.41) is 8.83. The van der Waals surface area contributed by atoms with Crippen molar-refractivity contribution in [2.45, 2.75) is 0 Å². The van der Waals surface area contributed by atoms with E-state index >= 15 is 0 Å². The molecular weight excluding hydrogens is 420 g/mol. The van der Waals surface area contributed by atoms with Gasteiger partial charge in [0.1, 0.15) is 0 Å². The number of benzene rings is 5. The molecule has 2 heteroatoms. The molecule has 7 rings (SSSR count). The highest BCUT2D eigenvalue weighted by Gasteiger charge is 2.49. The standard InChI is InChI=1S/C30H20SSi/c1-3-11-21(12-4-1)32(22-13-5-2-6-14-22)28-18-10-8-15-23(28)24-19-20-27-29(30(24)32)25-16-7-9-17-26(25)31-27/h1-20H. The number of rotatable bonds is 2. The van der Waals surface area contributed by atoms with E-state index < -0.39 is 8.07 Å². The van der Waals surface area contributed by atoms with Gasteiger partial charge in [0.25, 0.3) is 0 Å². The number of hydrogen-bond donors (Lipinski definition) is 0. The topological polar surface area (TPSA) is 0 Å². The average molecular weight is 441 g/mol. The highest BCUT2D eigenvalue weighted by molar-refractivity contribution is 7.28. The number of thiophene rings is 1. The average Bonchev–Trinajstić information content (AvgIpc) is 3.39. The van der Waals surface area contributed by atoms with Crippen LogP contribution in [0.2, 0.25) is 0 Å². The SMILES string of the molecule is c1ccc([Si]2(c3ccccc3)c3ccccc3-c3ccc4sc5ccccc5c4c32)cc1. The van der Waals surface area contributed by atoms with Gasteiger partial charge in [-0.1, -0.05) is 109 Å². The monoisotopic (exact) mass is 440 g/mol. The lowest BCUT2D eigenvalue weighted by Gasteiger charge is -2.32. The second kappa shape index (κ2) is 6.77. The van der Waals surface area contributed by atoms with Gasteiger partial charge in [-0.3, -0.25) is 0 Å². The van der Waals surface area contributed by atoms with E-state index in [-0.39, 0.29) is 0 Å². The van der Waals surface area contributed by atoms with Crippen molar-refractivity contribution in [3.63, 3.8) is 0 Å². The summed E-state index contributed by atoms with van der Waals surface area (Å²) in [5.74, 6) is 0. The molecule has 0 nitrogen and oxygen atoms in total. The van der Waals surface area contributed by atoms with Crippen molar-refractivity contribution in [2.24, 2.45) is 0 Å². The fraction of sp³-hybridized carbons (Fsp3) is 0. The summed E-state index contributed by atoms with van der Waals surface area (Å²) in [4.78, 5) is 0. The Morgan fingerprint density at radius 2 is 1.09 bits per heavy atom. The van der Waals surface area contributed by atoms with E-state index in [0.717, 1.165) is 0 Å². The third kappa shape index (κ3) is 2.26. The largest absolute Gasteiger partial charge is 0.181 e. The Bertz CT molecular complexity index is 1570. The molecular formula is C30H20SSi. The minimum absolute atomic E-state index is 1.37. The van der Waals surface area contributed by atoms with Crippen LogP contribution in [0, 0.1) is 0 Å². The van der Waals surface area contributed by atoms with Gasteiger partial charge >= 0.3 is 0 Å². The van der Waals surface area contributed by atoms with E-state index in [1.165, 1.54) is 46.9 Å². The third-order valence-corrected chi connectivity index (χ3v) is 13.0. The maximum Gasteiger partial charge on any atom is 0.181 e. The lowest BCUT2D eigenvalue weighted by Crippen LogP contribution is -2.72. The molecule has 0 fully saturated rings. The highest BCUT2D eigenvalue weighted by Crippen LogP contribution is 2.39. The zero-order valence-corrected chi connectivity index (χ0v) is 19.3. The van der Waals surface area contributed by atoms with Gasteiger partial charge in [0.2, 0.25) is 0 Å². The van der Waals surface area contributed by atoms with E-state index in [2.05, 4.69) is 121 Å². The predicted molar refractivity (Wildman–Crippen MR) is 142 cm³/mol. The summed E-state index contributed by atoms with van der Waals surface area (Å²) < 4.78 is 2.76. The van der Waals surface area contributed by atoms with Gasteiger partial charge in [-0.05, 0) is 44.0 Å². The van der Waals surface area contributed by atoms with Gasteiger partial charge in [0.05, 0.1) is 0 Å². The van der Waals surface area contributed by atoms with Crippen molar-refractivity contribution >= 4 is 60.3 Å². The predicted octanol–water partition coefficient (Wildman–Crippen LogP) is 5.41. The van der Waals surface area contributed by atoms with Gasteiger partial charge in [0.15, 0.2) is 8.07 Å². The van der Waals surface area contributed by atoms with Gasteiger partial charge in [-0.15, -0.1) is 11.3 Å². The van der Waals surface area contributed by atoms with Crippen molar-refractivity contribution < 1.29 is 0 Å². The molecule has 2 heterocycles. The molecule has 0 saturated heterocycles. The molecule has 32 heavy (non-hydrogen) atoms. The maximum atomic E-state index is 2.39. The van der Waals surface area contributed by atoms with Crippen LogP contribution < -0.4 is 20.7 Å². The second-order valence-electron chi connectivity index (χ2n) is 8.49. The fourth-order valence-corrected chi connectivity index (χ4v) is 12.4.